The third-order valence-corrected chi connectivity index (χ3v) is 1.65. The van der Waals surface area contributed by atoms with Crippen LogP contribution in [-0.2, 0) is 0 Å². The van der Waals surface area contributed by atoms with Gasteiger partial charge >= 0.3 is 0 Å². The van der Waals surface area contributed by atoms with E-state index in [9.17, 15) is 0 Å². The highest BCUT2D eigenvalue weighted by molar-refractivity contribution is 5.50. The van der Waals surface area contributed by atoms with Crippen LogP contribution in [0.3, 0.4) is 0 Å². The zero-order valence-corrected chi connectivity index (χ0v) is 7.01. The van der Waals surface area contributed by atoms with Gasteiger partial charge in [-0.25, -0.2) is 4.98 Å². The second-order valence-corrected chi connectivity index (χ2v) is 2.49. The van der Waals surface area contributed by atoms with Crippen LogP contribution in [0.1, 0.15) is 11.3 Å². The van der Waals surface area contributed by atoms with Crippen LogP contribution in [0.25, 0.3) is 0 Å². The van der Waals surface area contributed by atoms with Crippen molar-refractivity contribution in [3.63, 3.8) is 0 Å². The molecule has 1 aromatic rings. The van der Waals surface area contributed by atoms with Gasteiger partial charge < -0.3 is 10.5 Å². The molecule has 60 valence electrons. The van der Waals surface area contributed by atoms with Gasteiger partial charge in [-0.3, -0.25) is 0 Å². The molecule has 0 atom stereocenters. The minimum Gasteiger partial charge on any atom is -0.480 e. The molecule has 3 heteroatoms. The van der Waals surface area contributed by atoms with Gasteiger partial charge in [0.1, 0.15) is 0 Å². The molecule has 0 radical (unpaired) electrons. The summed E-state index contributed by atoms with van der Waals surface area (Å²) < 4.78 is 4.94. The SMILES string of the molecule is COc1nc(C)c(C)cc1N. The van der Waals surface area contributed by atoms with Crippen LogP contribution in [0, 0.1) is 13.8 Å². The zero-order chi connectivity index (χ0) is 8.43. The first-order chi connectivity index (χ1) is 5.15. The average molecular weight is 152 g/mol. The summed E-state index contributed by atoms with van der Waals surface area (Å²) in [5, 5.41) is 0. The molecule has 0 aliphatic rings. The van der Waals surface area contributed by atoms with E-state index in [0.29, 0.717) is 11.6 Å². The standard InChI is InChI=1S/C8H12N2O/c1-5-4-7(9)8(11-3)10-6(5)2/h4H,9H2,1-3H3. The Labute approximate surface area is 66.2 Å². The van der Waals surface area contributed by atoms with Crippen molar-refractivity contribution in [2.75, 3.05) is 12.8 Å². The fourth-order valence-corrected chi connectivity index (χ4v) is 0.868. The number of pyridine rings is 1. The van der Waals surface area contributed by atoms with Gasteiger partial charge in [0.2, 0.25) is 5.88 Å². The Morgan fingerprint density at radius 3 is 2.64 bits per heavy atom. The Morgan fingerprint density at radius 2 is 2.09 bits per heavy atom. The van der Waals surface area contributed by atoms with Crippen LogP contribution in [0.5, 0.6) is 5.88 Å². The van der Waals surface area contributed by atoms with E-state index in [0.717, 1.165) is 11.3 Å². The van der Waals surface area contributed by atoms with E-state index in [-0.39, 0.29) is 0 Å². The van der Waals surface area contributed by atoms with Gasteiger partial charge in [-0.05, 0) is 25.5 Å². The van der Waals surface area contributed by atoms with Crippen LogP contribution in [0.2, 0.25) is 0 Å². The number of nitrogen functional groups attached to an aromatic ring is 1. The average Bonchev–Trinajstić information content (AvgIpc) is 1.97. The van der Waals surface area contributed by atoms with Crippen LogP contribution in [0.15, 0.2) is 6.07 Å². The van der Waals surface area contributed by atoms with Crippen LogP contribution in [0.4, 0.5) is 5.69 Å². The molecule has 0 unspecified atom stereocenters. The maximum Gasteiger partial charge on any atom is 0.237 e. The third-order valence-electron chi connectivity index (χ3n) is 1.65. The van der Waals surface area contributed by atoms with Crippen molar-refractivity contribution in [1.29, 1.82) is 0 Å². The number of anilines is 1. The number of hydrogen-bond acceptors (Lipinski definition) is 3. The minimum atomic E-state index is 0.508. The second-order valence-electron chi connectivity index (χ2n) is 2.49. The molecule has 0 saturated heterocycles. The van der Waals surface area contributed by atoms with E-state index >= 15 is 0 Å². The molecular formula is C8H12N2O. The lowest BCUT2D eigenvalue weighted by Gasteiger charge is -2.05. The van der Waals surface area contributed by atoms with Crippen molar-refractivity contribution in [2.24, 2.45) is 0 Å². The summed E-state index contributed by atoms with van der Waals surface area (Å²) in [7, 11) is 1.56. The quantitative estimate of drug-likeness (QED) is 0.659. The Hall–Kier alpha value is -1.25. The van der Waals surface area contributed by atoms with Gasteiger partial charge in [-0.15, -0.1) is 0 Å². The molecule has 1 aromatic heterocycles. The number of nitrogens with two attached hydrogens (primary N) is 1. The van der Waals surface area contributed by atoms with E-state index in [2.05, 4.69) is 4.98 Å². The minimum absolute atomic E-state index is 0.508. The number of aromatic nitrogens is 1. The highest BCUT2D eigenvalue weighted by atomic mass is 16.5. The van der Waals surface area contributed by atoms with E-state index in [1.165, 1.54) is 0 Å². The molecule has 11 heavy (non-hydrogen) atoms. The summed E-state index contributed by atoms with van der Waals surface area (Å²) in [6.45, 7) is 3.90. The van der Waals surface area contributed by atoms with Gasteiger partial charge in [0, 0.05) is 5.69 Å². The molecule has 3 nitrogen and oxygen atoms in total. The normalized spacial score (nSPS) is 9.73. The van der Waals surface area contributed by atoms with Crippen molar-refractivity contribution in [1.82, 2.24) is 4.98 Å². The lowest BCUT2D eigenvalue weighted by Crippen LogP contribution is -1.98. The number of rotatable bonds is 1. The molecule has 0 aliphatic carbocycles. The van der Waals surface area contributed by atoms with Gasteiger partial charge in [-0.2, -0.15) is 0 Å². The van der Waals surface area contributed by atoms with Gasteiger partial charge in [-0.1, -0.05) is 0 Å². The van der Waals surface area contributed by atoms with Crippen LogP contribution in [-0.4, -0.2) is 12.1 Å². The Kier molecular flexibility index (Phi) is 1.98. The maximum absolute atomic E-state index is 5.61. The van der Waals surface area contributed by atoms with E-state index in [4.69, 9.17) is 10.5 Å². The van der Waals surface area contributed by atoms with Crippen LogP contribution >= 0.6 is 0 Å². The molecule has 0 bridgehead atoms. The molecule has 0 saturated carbocycles. The third kappa shape index (κ3) is 1.42. The zero-order valence-electron chi connectivity index (χ0n) is 7.01. The van der Waals surface area contributed by atoms with Gasteiger partial charge in [0.15, 0.2) is 0 Å². The fraction of sp³-hybridized carbons (Fsp3) is 0.375. The fourth-order valence-electron chi connectivity index (χ4n) is 0.868. The maximum atomic E-state index is 5.61. The van der Waals surface area contributed by atoms with Crippen molar-refractivity contribution in [3.8, 4) is 5.88 Å². The first-order valence-corrected chi connectivity index (χ1v) is 3.43. The van der Waals surface area contributed by atoms with E-state index in [1.54, 1.807) is 7.11 Å². The molecule has 0 aliphatic heterocycles. The first-order valence-electron chi connectivity index (χ1n) is 3.43. The highest BCUT2D eigenvalue weighted by Gasteiger charge is 2.02. The molecule has 2 N–H and O–H groups in total. The number of nitrogens with zero attached hydrogens (tertiary/aromatic N) is 1. The molecule has 0 amide bonds. The molecule has 0 aromatic carbocycles. The lowest BCUT2D eigenvalue weighted by molar-refractivity contribution is 0.399. The lowest BCUT2D eigenvalue weighted by atomic mass is 10.2. The van der Waals surface area contributed by atoms with Crippen molar-refractivity contribution < 1.29 is 4.74 Å². The topological polar surface area (TPSA) is 48.1 Å². The van der Waals surface area contributed by atoms with E-state index < -0.39 is 0 Å². The summed E-state index contributed by atoms with van der Waals surface area (Å²) in [5.41, 5.74) is 8.25. The van der Waals surface area contributed by atoms with Crippen molar-refractivity contribution >= 4 is 5.69 Å². The summed E-state index contributed by atoms with van der Waals surface area (Å²) in [6, 6.07) is 1.86. The van der Waals surface area contributed by atoms with Crippen molar-refractivity contribution in [3.05, 3.63) is 17.3 Å². The summed E-state index contributed by atoms with van der Waals surface area (Å²) >= 11 is 0. The Bertz CT molecular complexity index is 271. The Balaban J connectivity index is 3.21. The predicted molar refractivity (Wildman–Crippen MR) is 44.7 cm³/mol. The molecule has 1 heterocycles. The number of methoxy groups -OCH3 is 1. The van der Waals surface area contributed by atoms with Gasteiger partial charge in [0.25, 0.3) is 0 Å². The first kappa shape index (κ1) is 7.85. The number of aryl methyl sites for hydroxylation is 2. The van der Waals surface area contributed by atoms with Crippen molar-refractivity contribution in [2.45, 2.75) is 13.8 Å². The second kappa shape index (κ2) is 2.78. The monoisotopic (exact) mass is 152 g/mol. The summed E-state index contributed by atoms with van der Waals surface area (Å²) in [4.78, 5) is 4.14. The largest absolute Gasteiger partial charge is 0.480 e. The molecular weight excluding hydrogens is 140 g/mol. The Morgan fingerprint density at radius 1 is 1.45 bits per heavy atom. The smallest absolute Gasteiger partial charge is 0.237 e. The number of ether oxygens (including phenoxy) is 1. The summed E-state index contributed by atoms with van der Waals surface area (Å²) in [6.07, 6.45) is 0. The summed E-state index contributed by atoms with van der Waals surface area (Å²) in [5.74, 6) is 0.508. The predicted octanol–water partition coefficient (Wildman–Crippen LogP) is 1.29. The number of hydrogen-bond donors (Lipinski definition) is 1. The van der Waals surface area contributed by atoms with E-state index in [1.807, 2.05) is 19.9 Å². The van der Waals surface area contributed by atoms with Crippen LogP contribution < -0.4 is 10.5 Å². The molecule has 0 fully saturated rings. The highest BCUT2D eigenvalue weighted by Crippen LogP contribution is 2.20. The van der Waals surface area contributed by atoms with Gasteiger partial charge in [0.05, 0.1) is 12.8 Å². The molecule has 1 rings (SSSR count). The molecule has 0 spiro atoms.